The van der Waals surface area contributed by atoms with Gasteiger partial charge in [0.05, 0.1) is 18.8 Å². The molecule has 0 bridgehead atoms. The summed E-state index contributed by atoms with van der Waals surface area (Å²) < 4.78 is 17.0. The molecule has 2 saturated heterocycles. The van der Waals surface area contributed by atoms with Gasteiger partial charge in [-0.3, -0.25) is 4.79 Å². The second-order valence-electron chi connectivity index (χ2n) is 6.99. The number of carbonyl (C=O) groups is 1. The van der Waals surface area contributed by atoms with Gasteiger partial charge in [0, 0.05) is 63.3 Å². The molecule has 2 aromatic rings. The Morgan fingerprint density at radius 3 is 2.43 bits per heavy atom. The average molecular weight is 384 g/mol. The lowest BCUT2D eigenvalue weighted by Crippen LogP contribution is -2.41. The summed E-state index contributed by atoms with van der Waals surface area (Å²) in [7, 11) is 0. The third-order valence-corrected chi connectivity index (χ3v) is 5.00. The van der Waals surface area contributed by atoms with Crippen molar-refractivity contribution in [3.63, 3.8) is 0 Å². The second-order valence-corrected chi connectivity index (χ2v) is 6.99. The predicted molar refractivity (Wildman–Crippen MR) is 100 cm³/mol. The van der Waals surface area contributed by atoms with E-state index >= 15 is 0 Å². The standard InChI is InChI=1S/C20H24N4O4/c25-20(15-3-4-18(21-14-15)27-17-7-12-26-13-8-17)24-10-5-16(6-11-24)28-19-2-1-9-22-23-19/h1-4,9,14,16-17H,5-8,10-13H2. The minimum absolute atomic E-state index is 0.0110. The number of pyridine rings is 1. The molecule has 148 valence electrons. The van der Waals surface area contributed by atoms with E-state index in [0.29, 0.717) is 30.4 Å². The summed E-state index contributed by atoms with van der Waals surface area (Å²) in [6.07, 6.45) is 6.66. The summed E-state index contributed by atoms with van der Waals surface area (Å²) in [6.45, 7) is 2.73. The van der Waals surface area contributed by atoms with Crippen molar-refractivity contribution >= 4 is 5.91 Å². The van der Waals surface area contributed by atoms with Crippen LogP contribution in [0.4, 0.5) is 0 Å². The molecule has 0 unspecified atom stereocenters. The number of nitrogens with zero attached hydrogens (tertiary/aromatic N) is 4. The van der Waals surface area contributed by atoms with Crippen molar-refractivity contribution in [2.75, 3.05) is 26.3 Å². The van der Waals surface area contributed by atoms with Crippen LogP contribution in [0.3, 0.4) is 0 Å². The fourth-order valence-electron chi connectivity index (χ4n) is 3.42. The summed E-state index contributed by atoms with van der Waals surface area (Å²) in [5.41, 5.74) is 0.577. The van der Waals surface area contributed by atoms with Crippen LogP contribution in [0.15, 0.2) is 36.7 Å². The molecule has 0 aliphatic carbocycles. The zero-order chi connectivity index (χ0) is 19.2. The van der Waals surface area contributed by atoms with Crippen LogP contribution in [-0.2, 0) is 4.74 Å². The highest BCUT2D eigenvalue weighted by atomic mass is 16.5. The van der Waals surface area contributed by atoms with Gasteiger partial charge >= 0.3 is 0 Å². The number of carbonyl (C=O) groups excluding carboxylic acids is 1. The van der Waals surface area contributed by atoms with E-state index in [1.54, 1.807) is 36.7 Å². The SMILES string of the molecule is O=C(c1ccc(OC2CCOCC2)nc1)N1CCC(Oc2cccnn2)CC1. The summed E-state index contributed by atoms with van der Waals surface area (Å²) in [5, 5.41) is 7.76. The van der Waals surface area contributed by atoms with Gasteiger partial charge in [0.15, 0.2) is 0 Å². The molecule has 0 spiro atoms. The van der Waals surface area contributed by atoms with Crippen LogP contribution in [0.1, 0.15) is 36.0 Å². The van der Waals surface area contributed by atoms with Crippen LogP contribution in [0.5, 0.6) is 11.8 Å². The molecule has 8 nitrogen and oxygen atoms in total. The summed E-state index contributed by atoms with van der Waals surface area (Å²) in [5.74, 6) is 1.07. The van der Waals surface area contributed by atoms with Crippen molar-refractivity contribution in [2.24, 2.45) is 0 Å². The maximum Gasteiger partial charge on any atom is 0.255 e. The van der Waals surface area contributed by atoms with Crippen molar-refractivity contribution in [3.05, 3.63) is 42.2 Å². The molecule has 4 rings (SSSR count). The number of likely N-dealkylation sites (tertiary alicyclic amines) is 1. The summed E-state index contributed by atoms with van der Waals surface area (Å²) in [6, 6.07) is 7.14. The third-order valence-electron chi connectivity index (χ3n) is 5.00. The molecule has 1 amide bonds. The number of amides is 1. The maximum absolute atomic E-state index is 12.7. The number of rotatable bonds is 5. The van der Waals surface area contributed by atoms with Gasteiger partial charge in [0.2, 0.25) is 11.8 Å². The first-order valence-electron chi connectivity index (χ1n) is 9.72. The van der Waals surface area contributed by atoms with Gasteiger partial charge < -0.3 is 19.1 Å². The molecule has 2 aromatic heterocycles. The minimum Gasteiger partial charge on any atom is -0.474 e. The first-order valence-corrected chi connectivity index (χ1v) is 9.72. The van der Waals surface area contributed by atoms with E-state index in [0.717, 1.165) is 38.9 Å². The van der Waals surface area contributed by atoms with Crippen LogP contribution in [-0.4, -0.2) is 64.5 Å². The number of aromatic nitrogens is 3. The highest BCUT2D eigenvalue weighted by molar-refractivity contribution is 5.94. The van der Waals surface area contributed by atoms with E-state index in [4.69, 9.17) is 14.2 Å². The number of ether oxygens (including phenoxy) is 3. The molecular weight excluding hydrogens is 360 g/mol. The average Bonchev–Trinajstić information content (AvgIpc) is 2.76. The molecule has 2 fully saturated rings. The Bertz CT molecular complexity index is 758. The van der Waals surface area contributed by atoms with E-state index in [9.17, 15) is 4.79 Å². The van der Waals surface area contributed by atoms with Crippen LogP contribution in [0, 0.1) is 0 Å². The zero-order valence-electron chi connectivity index (χ0n) is 15.7. The molecule has 0 radical (unpaired) electrons. The van der Waals surface area contributed by atoms with E-state index in [1.807, 2.05) is 4.90 Å². The Hall–Kier alpha value is -2.74. The Morgan fingerprint density at radius 2 is 1.75 bits per heavy atom. The van der Waals surface area contributed by atoms with E-state index in [2.05, 4.69) is 15.2 Å². The predicted octanol–water partition coefficient (Wildman–Crippen LogP) is 2.11. The highest BCUT2D eigenvalue weighted by Gasteiger charge is 2.25. The lowest BCUT2D eigenvalue weighted by Gasteiger charge is -2.31. The molecular formula is C20H24N4O4. The van der Waals surface area contributed by atoms with Crippen molar-refractivity contribution in [3.8, 4) is 11.8 Å². The second kappa shape index (κ2) is 8.97. The van der Waals surface area contributed by atoms with Crippen LogP contribution in [0.25, 0.3) is 0 Å². The van der Waals surface area contributed by atoms with Crippen molar-refractivity contribution < 1.29 is 19.0 Å². The number of piperidine rings is 1. The van der Waals surface area contributed by atoms with Gasteiger partial charge in [-0.15, -0.1) is 5.10 Å². The van der Waals surface area contributed by atoms with E-state index in [-0.39, 0.29) is 18.1 Å². The first-order chi connectivity index (χ1) is 13.8. The normalized spacial score (nSPS) is 18.6. The minimum atomic E-state index is -0.0110. The molecule has 0 saturated carbocycles. The lowest BCUT2D eigenvalue weighted by atomic mass is 10.1. The Kier molecular flexibility index (Phi) is 5.96. The van der Waals surface area contributed by atoms with Crippen LogP contribution >= 0.6 is 0 Å². The molecule has 28 heavy (non-hydrogen) atoms. The monoisotopic (exact) mass is 384 g/mol. The van der Waals surface area contributed by atoms with Gasteiger partial charge in [0.25, 0.3) is 5.91 Å². The number of hydrogen-bond donors (Lipinski definition) is 0. The van der Waals surface area contributed by atoms with Gasteiger partial charge in [-0.25, -0.2) is 4.98 Å². The van der Waals surface area contributed by atoms with Crippen LogP contribution < -0.4 is 9.47 Å². The topological polar surface area (TPSA) is 86.7 Å². The smallest absolute Gasteiger partial charge is 0.255 e. The fraction of sp³-hybridized carbons (Fsp3) is 0.500. The Balaban J connectivity index is 1.27. The van der Waals surface area contributed by atoms with Gasteiger partial charge in [-0.1, -0.05) is 0 Å². The van der Waals surface area contributed by atoms with Crippen molar-refractivity contribution in [1.29, 1.82) is 0 Å². The molecule has 8 heteroatoms. The van der Waals surface area contributed by atoms with Gasteiger partial charge in [-0.2, -0.15) is 5.10 Å². The van der Waals surface area contributed by atoms with E-state index in [1.165, 1.54) is 0 Å². The zero-order valence-corrected chi connectivity index (χ0v) is 15.7. The van der Waals surface area contributed by atoms with Crippen molar-refractivity contribution in [2.45, 2.75) is 37.9 Å². The quantitative estimate of drug-likeness (QED) is 0.780. The molecule has 2 aliphatic rings. The largest absolute Gasteiger partial charge is 0.474 e. The maximum atomic E-state index is 12.7. The third kappa shape index (κ3) is 4.75. The lowest BCUT2D eigenvalue weighted by molar-refractivity contribution is 0.0237. The first kappa shape index (κ1) is 18.6. The molecule has 0 N–H and O–H groups in total. The Morgan fingerprint density at radius 1 is 1.00 bits per heavy atom. The summed E-state index contributed by atoms with van der Waals surface area (Å²) in [4.78, 5) is 18.9. The molecule has 0 atom stereocenters. The van der Waals surface area contributed by atoms with E-state index < -0.39 is 0 Å². The highest BCUT2D eigenvalue weighted by Crippen LogP contribution is 2.20. The van der Waals surface area contributed by atoms with Gasteiger partial charge in [0.1, 0.15) is 12.2 Å². The molecule has 2 aliphatic heterocycles. The fourth-order valence-corrected chi connectivity index (χ4v) is 3.42. The van der Waals surface area contributed by atoms with Gasteiger partial charge in [-0.05, 0) is 12.1 Å². The molecule has 4 heterocycles. The van der Waals surface area contributed by atoms with Crippen molar-refractivity contribution in [1.82, 2.24) is 20.1 Å². The number of hydrogen-bond acceptors (Lipinski definition) is 7. The molecule has 0 aromatic carbocycles. The summed E-state index contributed by atoms with van der Waals surface area (Å²) >= 11 is 0. The van der Waals surface area contributed by atoms with Crippen LogP contribution in [0.2, 0.25) is 0 Å². The Labute approximate surface area is 163 Å².